The summed E-state index contributed by atoms with van der Waals surface area (Å²) >= 11 is 5.65. The summed E-state index contributed by atoms with van der Waals surface area (Å²) in [6.07, 6.45) is 1.72. The van der Waals surface area contributed by atoms with E-state index < -0.39 is 18.9 Å². The summed E-state index contributed by atoms with van der Waals surface area (Å²) < 4.78 is 40.7. The van der Waals surface area contributed by atoms with Crippen LogP contribution < -0.4 is 14.4 Å². The first-order chi connectivity index (χ1) is 18.2. The number of rotatable bonds is 3. The van der Waals surface area contributed by atoms with Crippen molar-refractivity contribution in [2.24, 2.45) is 0 Å². The van der Waals surface area contributed by atoms with Crippen molar-refractivity contribution < 1.29 is 28.4 Å². The molecule has 0 saturated heterocycles. The highest BCUT2D eigenvalue weighted by Crippen LogP contribution is 2.47. The van der Waals surface area contributed by atoms with Gasteiger partial charge in [0, 0.05) is 22.0 Å². The number of allylic oxidation sites excluding steroid dienone is 1. The maximum atomic E-state index is 16.8. The summed E-state index contributed by atoms with van der Waals surface area (Å²) in [5.74, 6) is -2.60. The maximum absolute atomic E-state index is 16.8. The van der Waals surface area contributed by atoms with Gasteiger partial charge in [0.15, 0.2) is 11.1 Å². The van der Waals surface area contributed by atoms with Gasteiger partial charge in [0.2, 0.25) is 0 Å². The molecule has 0 fully saturated rings. The van der Waals surface area contributed by atoms with Gasteiger partial charge in [-0.2, -0.15) is 0 Å². The van der Waals surface area contributed by atoms with Crippen LogP contribution in [0.4, 0.5) is 8.63 Å². The van der Waals surface area contributed by atoms with Gasteiger partial charge in [-0.1, -0.05) is 0 Å². The Hall–Kier alpha value is -3.65. The fourth-order valence-electron chi connectivity index (χ4n) is 5.53. The summed E-state index contributed by atoms with van der Waals surface area (Å²) in [6.45, 7) is -4.34. The van der Waals surface area contributed by atoms with Crippen molar-refractivity contribution in [3.05, 3.63) is 85.1 Å². The Kier molecular flexibility index (Phi) is 4.27. The van der Waals surface area contributed by atoms with Crippen molar-refractivity contribution in [1.29, 1.82) is 0 Å². The van der Waals surface area contributed by atoms with Gasteiger partial charge in [0.25, 0.3) is 0 Å². The summed E-state index contributed by atoms with van der Waals surface area (Å²) in [5.41, 5.74) is 1.11. The van der Waals surface area contributed by atoms with Crippen molar-refractivity contribution in [2.45, 2.75) is 0 Å². The van der Waals surface area contributed by atoms with Crippen molar-refractivity contribution in [1.82, 2.24) is 8.96 Å². The van der Waals surface area contributed by atoms with E-state index in [0.29, 0.717) is 25.7 Å². The van der Waals surface area contributed by atoms with E-state index in [1.807, 2.05) is 22.9 Å². The van der Waals surface area contributed by atoms with E-state index in [9.17, 15) is 19.8 Å². The SMILES string of the molecule is O=C(O)c1cc(C(=O)O)cc(C2=C3C=c4sc5ccsc5c4=[N+]3[B-](F)(F)n3c2cc2sc4ccsc4c23)c1. The van der Waals surface area contributed by atoms with Crippen LogP contribution in [0.2, 0.25) is 0 Å². The first-order valence-corrected chi connectivity index (χ1v) is 14.7. The van der Waals surface area contributed by atoms with Gasteiger partial charge in [-0.15, -0.1) is 45.3 Å². The zero-order chi connectivity index (χ0) is 26.1. The third kappa shape index (κ3) is 2.71. The first-order valence-electron chi connectivity index (χ1n) is 11.3. The van der Waals surface area contributed by atoms with Gasteiger partial charge in [-0.25, -0.2) is 9.59 Å². The highest BCUT2D eigenvalue weighted by Gasteiger charge is 2.54. The number of hydrogen-bond donors (Lipinski definition) is 2. The third-order valence-electron chi connectivity index (χ3n) is 6.98. The average molecular weight is 580 g/mol. The van der Waals surface area contributed by atoms with Crippen LogP contribution in [0.25, 0.3) is 40.7 Å². The van der Waals surface area contributed by atoms with Gasteiger partial charge >= 0.3 is 18.9 Å². The molecule has 0 unspecified atom stereocenters. The molecule has 7 heterocycles. The number of fused-ring (bicyclic) bond motifs is 9. The highest BCUT2D eigenvalue weighted by atomic mass is 32.1. The molecule has 38 heavy (non-hydrogen) atoms. The molecule has 0 bridgehead atoms. The number of benzene rings is 1. The number of nitrogens with zero attached hydrogens (tertiary/aromatic N) is 2. The number of aromatic carboxylic acids is 2. The lowest BCUT2D eigenvalue weighted by atomic mass is 9.85. The Morgan fingerprint density at radius 1 is 0.868 bits per heavy atom. The van der Waals surface area contributed by atoms with E-state index in [1.54, 1.807) is 12.1 Å². The number of halogens is 2. The molecule has 13 heteroatoms. The number of carboxylic acid groups (broad SMARTS) is 2. The van der Waals surface area contributed by atoms with Gasteiger partial charge in [-0.3, -0.25) is 0 Å². The zero-order valence-corrected chi connectivity index (χ0v) is 22.0. The van der Waals surface area contributed by atoms with Crippen molar-refractivity contribution in [3.63, 3.8) is 0 Å². The maximum Gasteiger partial charge on any atom is 0.738 e. The number of carbonyl (C=O) groups is 2. The third-order valence-corrected chi connectivity index (χ3v) is 11.3. The topological polar surface area (TPSA) is 82.5 Å². The molecule has 2 aliphatic heterocycles. The van der Waals surface area contributed by atoms with E-state index in [0.717, 1.165) is 33.8 Å². The number of aromatic nitrogens is 1. The standard InChI is InChI=1S/C25H11BF2N2O4S4/c27-26(28)29-13(8-17-20(29)22-15(37-17)1-3-35-22)19(10-5-11(24(31)32)7-12(6-10)25(33)34)14-9-18-21(30(14)26)23-16(38-18)2-4-36-23/h1-9H,(H,31,32)(H,33,34). The van der Waals surface area contributed by atoms with Crippen LogP contribution in [-0.4, -0.2) is 33.6 Å². The molecule has 186 valence electrons. The van der Waals surface area contributed by atoms with Crippen molar-refractivity contribution in [2.75, 3.05) is 0 Å². The molecule has 2 aliphatic rings. The molecular weight excluding hydrogens is 569 g/mol. The molecule has 0 aliphatic carbocycles. The van der Waals surface area contributed by atoms with E-state index in [4.69, 9.17) is 0 Å². The fourth-order valence-corrected chi connectivity index (χ4v) is 10.1. The number of thiophene rings is 4. The molecule has 6 nitrogen and oxygen atoms in total. The Morgan fingerprint density at radius 3 is 2.21 bits per heavy atom. The summed E-state index contributed by atoms with van der Waals surface area (Å²) in [4.78, 5) is 23.8. The smallest absolute Gasteiger partial charge is 0.478 e. The molecular formula is C25H11BF2N2O4S4. The minimum Gasteiger partial charge on any atom is -0.478 e. The van der Waals surface area contributed by atoms with Crippen LogP contribution in [-0.2, 0) is 0 Å². The summed E-state index contributed by atoms with van der Waals surface area (Å²) in [6, 6.07) is 9.35. The van der Waals surface area contributed by atoms with Crippen LogP contribution in [0.3, 0.4) is 0 Å². The second-order valence-electron chi connectivity index (χ2n) is 9.03. The van der Waals surface area contributed by atoms with Gasteiger partial charge in [0.05, 0.1) is 30.8 Å². The minimum atomic E-state index is -4.34. The van der Waals surface area contributed by atoms with Crippen LogP contribution in [0.1, 0.15) is 32.0 Å². The van der Waals surface area contributed by atoms with Crippen LogP contribution >= 0.6 is 45.3 Å². The summed E-state index contributed by atoms with van der Waals surface area (Å²) in [7, 11) is 0. The molecule has 6 aromatic rings. The molecule has 0 atom stereocenters. The lowest BCUT2D eigenvalue weighted by Crippen LogP contribution is -2.56. The second kappa shape index (κ2) is 7.26. The molecule has 0 amide bonds. The first kappa shape index (κ1) is 22.3. The monoisotopic (exact) mass is 580 g/mol. The Morgan fingerprint density at radius 2 is 1.53 bits per heavy atom. The number of carboxylic acids is 2. The van der Waals surface area contributed by atoms with E-state index >= 15 is 8.63 Å². The highest BCUT2D eigenvalue weighted by molar-refractivity contribution is 7.32. The molecule has 0 saturated carbocycles. The molecule has 0 spiro atoms. The molecule has 5 aromatic heterocycles. The van der Waals surface area contributed by atoms with E-state index in [1.165, 1.54) is 57.5 Å². The van der Waals surface area contributed by atoms with Gasteiger partial charge in [0.1, 0.15) is 9.23 Å². The Bertz CT molecular complexity index is 2220. The van der Waals surface area contributed by atoms with Gasteiger partial charge < -0.3 is 27.8 Å². The van der Waals surface area contributed by atoms with Crippen molar-refractivity contribution >= 4 is 105 Å². The second-order valence-corrected chi connectivity index (χ2v) is 13.0. The van der Waals surface area contributed by atoms with Crippen LogP contribution in [0.5, 0.6) is 0 Å². The van der Waals surface area contributed by atoms with Crippen LogP contribution in [0.15, 0.2) is 52.9 Å². The molecule has 1 aromatic carbocycles. The molecule has 2 N–H and O–H groups in total. The number of hydrogen-bond acceptors (Lipinski definition) is 6. The predicted molar refractivity (Wildman–Crippen MR) is 150 cm³/mol. The lowest BCUT2D eigenvalue weighted by molar-refractivity contribution is 0.0696. The van der Waals surface area contributed by atoms with Crippen LogP contribution in [0, 0.1) is 0 Å². The Labute approximate surface area is 226 Å². The minimum absolute atomic E-state index is 0.226. The average Bonchev–Trinajstić information content (AvgIpc) is 3.66. The lowest BCUT2D eigenvalue weighted by Gasteiger charge is -2.31. The molecule has 0 radical (unpaired) electrons. The van der Waals surface area contributed by atoms with Crippen molar-refractivity contribution in [3.8, 4) is 0 Å². The zero-order valence-electron chi connectivity index (χ0n) is 18.8. The van der Waals surface area contributed by atoms with E-state index in [2.05, 4.69) is 0 Å². The van der Waals surface area contributed by atoms with E-state index in [-0.39, 0.29) is 28.1 Å². The quantitative estimate of drug-likeness (QED) is 0.268. The fraction of sp³-hybridized carbons (Fsp3) is 0. The van der Waals surface area contributed by atoms with Gasteiger partial charge in [-0.05, 0) is 52.7 Å². The normalized spacial score (nSPS) is 15.8. The largest absolute Gasteiger partial charge is 0.738 e. The molecule has 8 rings (SSSR count). The summed E-state index contributed by atoms with van der Waals surface area (Å²) in [5, 5.41) is 23.6. The predicted octanol–water partition coefficient (Wildman–Crippen LogP) is 5.57. The Balaban J connectivity index is 1.59.